The first kappa shape index (κ1) is 11.4. The van der Waals surface area contributed by atoms with Crippen molar-refractivity contribution in [2.24, 2.45) is 5.16 Å². The normalized spacial score (nSPS) is 20.7. The van der Waals surface area contributed by atoms with Crippen molar-refractivity contribution < 1.29 is 14.7 Å². The highest BCUT2D eigenvalue weighted by Gasteiger charge is 2.28. The fraction of sp³-hybridized carbons (Fsp3) is 0.231. The Hall–Kier alpha value is -2.10. The van der Waals surface area contributed by atoms with E-state index in [0.717, 1.165) is 16.7 Å². The number of benzene rings is 1. The first-order chi connectivity index (χ1) is 8.13. The molecule has 88 valence electrons. The third-order valence-corrected chi connectivity index (χ3v) is 2.69. The number of hydrogen-bond donors (Lipinski definition) is 1. The lowest BCUT2D eigenvalue weighted by Crippen LogP contribution is -2.23. The summed E-state index contributed by atoms with van der Waals surface area (Å²) in [6, 6.07) is 7.56. The molecule has 1 aromatic carbocycles. The second-order valence-electron chi connectivity index (χ2n) is 3.93. The predicted molar refractivity (Wildman–Crippen MR) is 63.8 cm³/mol. The van der Waals surface area contributed by atoms with Gasteiger partial charge >= 0.3 is 5.97 Å². The molecule has 0 saturated heterocycles. The van der Waals surface area contributed by atoms with Crippen molar-refractivity contribution >= 4 is 17.8 Å². The quantitative estimate of drug-likeness (QED) is 0.459. The van der Waals surface area contributed by atoms with Crippen LogP contribution in [-0.4, -0.2) is 16.9 Å². The minimum Gasteiger partial charge on any atom is -0.451 e. The van der Waals surface area contributed by atoms with Crippen molar-refractivity contribution in [1.82, 2.24) is 0 Å². The Kier molecular flexibility index (Phi) is 2.95. The van der Waals surface area contributed by atoms with Crippen molar-refractivity contribution in [3.63, 3.8) is 0 Å². The molecule has 0 spiro atoms. The van der Waals surface area contributed by atoms with Gasteiger partial charge in [0.05, 0.1) is 0 Å². The lowest BCUT2D eigenvalue weighted by atomic mass is 9.89. The zero-order valence-corrected chi connectivity index (χ0v) is 9.68. The number of carbonyl (C=O) groups excluding carboxylic acids is 1. The van der Waals surface area contributed by atoms with Crippen LogP contribution in [0.15, 0.2) is 35.0 Å². The molecule has 0 aromatic heterocycles. The van der Waals surface area contributed by atoms with Crippen molar-refractivity contribution in [3.8, 4) is 0 Å². The van der Waals surface area contributed by atoms with Crippen LogP contribution in [0, 0.1) is 0 Å². The van der Waals surface area contributed by atoms with E-state index in [1.807, 2.05) is 37.3 Å². The minimum atomic E-state index is -0.626. The van der Waals surface area contributed by atoms with E-state index in [2.05, 4.69) is 5.16 Å². The second-order valence-corrected chi connectivity index (χ2v) is 3.93. The molecule has 1 atom stereocenters. The fourth-order valence-corrected chi connectivity index (χ4v) is 1.96. The number of ether oxygens (including phenoxy) is 1. The van der Waals surface area contributed by atoms with Gasteiger partial charge in [0.1, 0.15) is 5.71 Å². The molecule has 2 rings (SSSR count). The zero-order valence-electron chi connectivity index (χ0n) is 9.68. The summed E-state index contributed by atoms with van der Waals surface area (Å²) in [5, 5.41) is 12.3. The zero-order chi connectivity index (χ0) is 12.4. The summed E-state index contributed by atoms with van der Waals surface area (Å²) in [6.45, 7) is 3.16. The van der Waals surface area contributed by atoms with Gasteiger partial charge in [0, 0.05) is 12.5 Å². The Morgan fingerprint density at radius 3 is 2.76 bits per heavy atom. The summed E-state index contributed by atoms with van der Waals surface area (Å²) in [6.07, 6.45) is 1.28. The van der Waals surface area contributed by atoms with Gasteiger partial charge in [-0.2, -0.15) is 0 Å². The molecule has 1 aromatic rings. The van der Waals surface area contributed by atoms with Gasteiger partial charge in [0.2, 0.25) is 0 Å². The van der Waals surface area contributed by atoms with E-state index < -0.39 is 12.1 Å². The minimum absolute atomic E-state index is 0.374. The van der Waals surface area contributed by atoms with Crippen LogP contribution in [0.1, 0.15) is 31.1 Å². The van der Waals surface area contributed by atoms with Gasteiger partial charge in [-0.05, 0) is 24.1 Å². The van der Waals surface area contributed by atoms with Gasteiger partial charge in [-0.1, -0.05) is 29.4 Å². The molecule has 17 heavy (non-hydrogen) atoms. The number of carbonyl (C=O) groups is 1. The van der Waals surface area contributed by atoms with Crippen molar-refractivity contribution in [2.75, 3.05) is 0 Å². The average molecular weight is 231 g/mol. The summed E-state index contributed by atoms with van der Waals surface area (Å²) in [7, 11) is 0. The van der Waals surface area contributed by atoms with E-state index in [-0.39, 0.29) is 0 Å². The Bertz CT molecular complexity index is 517. The van der Waals surface area contributed by atoms with E-state index in [4.69, 9.17) is 9.94 Å². The van der Waals surface area contributed by atoms with E-state index in [9.17, 15) is 4.79 Å². The Morgan fingerprint density at radius 2 is 2.12 bits per heavy atom. The smallest absolute Gasteiger partial charge is 0.303 e. The lowest BCUT2D eigenvalue weighted by Gasteiger charge is -2.24. The van der Waals surface area contributed by atoms with Crippen molar-refractivity contribution in [3.05, 3.63) is 41.0 Å². The number of hydrogen-bond acceptors (Lipinski definition) is 4. The Morgan fingerprint density at radius 1 is 1.41 bits per heavy atom. The SMILES string of the molecule is CC(=O)OC1C(=NO)C(C)=Cc2ccccc21. The summed E-state index contributed by atoms with van der Waals surface area (Å²) < 4.78 is 5.22. The van der Waals surface area contributed by atoms with Crippen LogP contribution in [-0.2, 0) is 9.53 Å². The first-order valence-corrected chi connectivity index (χ1v) is 5.30. The highest BCUT2D eigenvalue weighted by Crippen LogP contribution is 2.32. The molecule has 0 radical (unpaired) electrons. The molecule has 1 N–H and O–H groups in total. The summed E-state index contributed by atoms with van der Waals surface area (Å²) in [5.74, 6) is -0.402. The maximum atomic E-state index is 11.1. The molecule has 1 unspecified atom stereocenters. The van der Waals surface area contributed by atoms with E-state index in [1.54, 1.807) is 0 Å². The van der Waals surface area contributed by atoms with Crippen LogP contribution in [0.25, 0.3) is 6.08 Å². The molecule has 0 aliphatic heterocycles. The van der Waals surface area contributed by atoms with Crippen LogP contribution in [0.5, 0.6) is 0 Å². The Balaban J connectivity index is 2.54. The van der Waals surface area contributed by atoms with E-state index in [0.29, 0.717) is 5.71 Å². The maximum absolute atomic E-state index is 11.1. The Labute approximate surface area is 99.2 Å². The number of oxime groups is 1. The monoisotopic (exact) mass is 231 g/mol. The third kappa shape index (κ3) is 2.06. The molecule has 1 aliphatic rings. The molecule has 0 amide bonds. The topological polar surface area (TPSA) is 58.9 Å². The summed E-state index contributed by atoms with van der Waals surface area (Å²) >= 11 is 0. The molecule has 0 bridgehead atoms. The summed E-state index contributed by atoms with van der Waals surface area (Å²) in [4.78, 5) is 11.1. The van der Waals surface area contributed by atoms with Crippen LogP contribution in [0.3, 0.4) is 0 Å². The highest BCUT2D eigenvalue weighted by molar-refractivity contribution is 6.09. The standard InChI is InChI=1S/C13H13NO3/c1-8-7-10-5-3-4-6-11(10)13(12(8)14-16)17-9(2)15/h3-7,13,16H,1-2H3. The lowest BCUT2D eigenvalue weighted by molar-refractivity contribution is -0.143. The molecule has 1 aliphatic carbocycles. The van der Waals surface area contributed by atoms with Gasteiger partial charge < -0.3 is 9.94 Å². The largest absolute Gasteiger partial charge is 0.451 e. The van der Waals surface area contributed by atoms with E-state index >= 15 is 0 Å². The van der Waals surface area contributed by atoms with Crippen molar-refractivity contribution in [1.29, 1.82) is 0 Å². The van der Waals surface area contributed by atoms with Crippen LogP contribution in [0.2, 0.25) is 0 Å². The number of rotatable bonds is 1. The van der Waals surface area contributed by atoms with Gasteiger partial charge in [-0.3, -0.25) is 4.79 Å². The molecular formula is C13H13NO3. The van der Waals surface area contributed by atoms with Crippen molar-refractivity contribution in [2.45, 2.75) is 20.0 Å². The van der Waals surface area contributed by atoms with Gasteiger partial charge in [-0.25, -0.2) is 0 Å². The second kappa shape index (κ2) is 4.41. The van der Waals surface area contributed by atoms with Gasteiger partial charge in [0.15, 0.2) is 6.10 Å². The fourth-order valence-electron chi connectivity index (χ4n) is 1.96. The average Bonchev–Trinajstić information content (AvgIpc) is 2.28. The number of esters is 1. The predicted octanol–water partition coefficient (Wildman–Crippen LogP) is 2.54. The van der Waals surface area contributed by atoms with Crippen LogP contribution >= 0.6 is 0 Å². The number of fused-ring (bicyclic) bond motifs is 1. The molecule has 0 fully saturated rings. The molecular weight excluding hydrogens is 218 g/mol. The van der Waals surface area contributed by atoms with Gasteiger partial charge in [-0.15, -0.1) is 0 Å². The molecule has 0 saturated carbocycles. The molecule has 4 heteroatoms. The number of nitrogens with zero attached hydrogens (tertiary/aromatic N) is 1. The van der Waals surface area contributed by atoms with Crippen LogP contribution in [0.4, 0.5) is 0 Å². The maximum Gasteiger partial charge on any atom is 0.303 e. The highest BCUT2D eigenvalue weighted by atomic mass is 16.5. The summed E-state index contributed by atoms with van der Waals surface area (Å²) in [5.41, 5.74) is 2.97. The first-order valence-electron chi connectivity index (χ1n) is 5.30. The third-order valence-electron chi connectivity index (χ3n) is 2.69. The van der Waals surface area contributed by atoms with Crippen LogP contribution < -0.4 is 0 Å². The molecule has 0 heterocycles. The van der Waals surface area contributed by atoms with Gasteiger partial charge in [0.25, 0.3) is 0 Å². The molecule has 4 nitrogen and oxygen atoms in total. The van der Waals surface area contributed by atoms with E-state index in [1.165, 1.54) is 6.92 Å².